The van der Waals surface area contributed by atoms with E-state index in [1.807, 2.05) is 0 Å². The molecule has 2 N–H and O–H groups in total. The van der Waals surface area contributed by atoms with Gasteiger partial charge in [0, 0.05) is 32.2 Å². The summed E-state index contributed by atoms with van der Waals surface area (Å²) >= 11 is 0. The molecular weight excluding hydrogens is 288 g/mol. The van der Waals surface area contributed by atoms with Crippen LogP contribution in [0.5, 0.6) is 0 Å². The zero-order chi connectivity index (χ0) is 15.5. The minimum Gasteiger partial charge on any atom is -0.330 e. The van der Waals surface area contributed by atoms with Crippen molar-refractivity contribution in [3.05, 3.63) is 0 Å². The third-order valence-electron chi connectivity index (χ3n) is 4.76. The van der Waals surface area contributed by atoms with Crippen molar-refractivity contribution in [2.45, 2.75) is 38.6 Å². The topological polar surface area (TPSA) is 69.9 Å². The molecule has 2 unspecified atom stereocenters. The molecule has 2 heterocycles. The Bertz CT molecular complexity index is 429. The van der Waals surface area contributed by atoms with Crippen LogP contribution in [0, 0.1) is 5.92 Å². The number of likely N-dealkylation sites (N-methyl/N-ethyl adjacent to an activating group) is 1. The SMILES string of the molecule is CCC1CN(C)CCCN1S(=O)(=O)N1CCCC(CN)C1. The van der Waals surface area contributed by atoms with E-state index in [2.05, 4.69) is 18.9 Å². The number of hydrogen-bond acceptors (Lipinski definition) is 4. The van der Waals surface area contributed by atoms with Crippen molar-refractivity contribution < 1.29 is 8.42 Å². The van der Waals surface area contributed by atoms with Gasteiger partial charge in [0.1, 0.15) is 0 Å². The molecule has 2 rings (SSSR count). The molecule has 2 aliphatic heterocycles. The van der Waals surface area contributed by atoms with E-state index in [1.165, 1.54) is 0 Å². The van der Waals surface area contributed by atoms with Gasteiger partial charge >= 0.3 is 0 Å². The van der Waals surface area contributed by atoms with E-state index in [4.69, 9.17) is 5.73 Å². The smallest absolute Gasteiger partial charge is 0.282 e. The van der Waals surface area contributed by atoms with E-state index in [1.54, 1.807) is 8.61 Å². The molecule has 2 fully saturated rings. The fourth-order valence-electron chi connectivity index (χ4n) is 3.43. The van der Waals surface area contributed by atoms with Gasteiger partial charge in [-0.2, -0.15) is 17.0 Å². The third kappa shape index (κ3) is 3.96. The second-order valence-electron chi connectivity index (χ2n) is 6.40. The summed E-state index contributed by atoms with van der Waals surface area (Å²) < 4.78 is 29.5. The molecule has 0 saturated carbocycles. The van der Waals surface area contributed by atoms with Crippen LogP contribution in [0.2, 0.25) is 0 Å². The van der Waals surface area contributed by atoms with Crippen molar-refractivity contribution in [1.29, 1.82) is 0 Å². The van der Waals surface area contributed by atoms with Gasteiger partial charge in [0.25, 0.3) is 10.2 Å². The molecular formula is C14H30N4O2S. The quantitative estimate of drug-likeness (QED) is 0.810. The number of hydrogen-bond donors (Lipinski definition) is 1. The van der Waals surface area contributed by atoms with E-state index in [9.17, 15) is 8.42 Å². The van der Waals surface area contributed by atoms with Crippen LogP contribution in [0.15, 0.2) is 0 Å². The van der Waals surface area contributed by atoms with Crippen LogP contribution >= 0.6 is 0 Å². The zero-order valence-corrected chi connectivity index (χ0v) is 14.2. The van der Waals surface area contributed by atoms with Crippen molar-refractivity contribution in [2.75, 3.05) is 46.3 Å². The first-order chi connectivity index (χ1) is 9.98. The lowest BCUT2D eigenvalue weighted by Crippen LogP contribution is -2.53. The fraction of sp³-hybridized carbons (Fsp3) is 1.00. The zero-order valence-electron chi connectivity index (χ0n) is 13.4. The van der Waals surface area contributed by atoms with Gasteiger partial charge in [0.05, 0.1) is 0 Å². The van der Waals surface area contributed by atoms with Gasteiger partial charge in [-0.25, -0.2) is 0 Å². The molecule has 0 radical (unpaired) electrons. The van der Waals surface area contributed by atoms with Gasteiger partial charge in [-0.1, -0.05) is 6.92 Å². The molecule has 124 valence electrons. The van der Waals surface area contributed by atoms with Crippen molar-refractivity contribution in [2.24, 2.45) is 11.7 Å². The Morgan fingerprint density at radius 3 is 2.57 bits per heavy atom. The number of nitrogens with two attached hydrogens (primary N) is 1. The number of rotatable bonds is 4. The van der Waals surface area contributed by atoms with Crippen LogP contribution in [0.25, 0.3) is 0 Å². The van der Waals surface area contributed by atoms with Gasteiger partial charge in [-0.15, -0.1) is 0 Å². The highest BCUT2D eigenvalue weighted by Gasteiger charge is 2.37. The predicted molar refractivity (Wildman–Crippen MR) is 85.2 cm³/mol. The lowest BCUT2D eigenvalue weighted by molar-refractivity contribution is 0.224. The Morgan fingerprint density at radius 1 is 1.14 bits per heavy atom. The molecule has 2 atom stereocenters. The van der Waals surface area contributed by atoms with E-state index >= 15 is 0 Å². The second-order valence-corrected chi connectivity index (χ2v) is 8.28. The van der Waals surface area contributed by atoms with Gasteiger partial charge in [0.15, 0.2) is 0 Å². The summed E-state index contributed by atoms with van der Waals surface area (Å²) in [6.45, 7) is 6.30. The van der Waals surface area contributed by atoms with E-state index in [-0.39, 0.29) is 6.04 Å². The molecule has 7 heteroatoms. The summed E-state index contributed by atoms with van der Waals surface area (Å²) in [6.07, 6.45) is 3.73. The summed E-state index contributed by atoms with van der Waals surface area (Å²) in [5.41, 5.74) is 5.74. The standard InChI is InChI=1S/C14H30N4O2S/c1-3-14-12-16(2)7-5-9-18(14)21(19,20)17-8-4-6-13(10-15)11-17/h13-14H,3-12,15H2,1-2H3. The van der Waals surface area contributed by atoms with Crippen LogP contribution < -0.4 is 5.73 Å². The summed E-state index contributed by atoms with van der Waals surface area (Å²) in [5, 5.41) is 0. The monoisotopic (exact) mass is 318 g/mol. The highest BCUT2D eigenvalue weighted by Crippen LogP contribution is 2.24. The summed E-state index contributed by atoms with van der Waals surface area (Å²) in [7, 11) is -1.28. The molecule has 0 aliphatic carbocycles. The lowest BCUT2D eigenvalue weighted by atomic mass is 10.0. The minimum absolute atomic E-state index is 0.0840. The van der Waals surface area contributed by atoms with E-state index in [0.29, 0.717) is 32.1 Å². The Morgan fingerprint density at radius 2 is 1.90 bits per heavy atom. The van der Waals surface area contributed by atoms with Crippen molar-refractivity contribution in [3.8, 4) is 0 Å². The average molecular weight is 318 g/mol. The molecule has 6 nitrogen and oxygen atoms in total. The Hall–Kier alpha value is -0.210. The molecule has 0 amide bonds. The molecule has 2 aliphatic rings. The first-order valence-electron chi connectivity index (χ1n) is 8.14. The Labute approximate surface area is 129 Å². The maximum Gasteiger partial charge on any atom is 0.282 e. The first kappa shape index (κ1) is 17.1. The van der Waals surface area contributed by atoms with Crippen LogP contribution in [0.4, 0.5) is 0 Å². The highest BCUT2D eigenvalue weighted by atomic mass is 32.2. The summed E-state index contributed by atoms with van der Waals surface area (Å²) in [4.78, 5) is 2.24. The molecule has 0 bridgehead atoms. The molecule has 0 aromatic rings. The second kappa shape index (κ2) is 7.37. The van der Waals surface area contributed by atoms with Crippen LogP contribution in [0.3, 0.4) is 0 Å². The molecule has 0 aromatic heterocycles. The maximum atomic E-state index is 13.0. The van der Waals surface area contributed by atoms with Gasteiger partial charge in [-0.05, 0) is 51.7 Å². The molecule has 2 saturated heterocycles. The lowest BCUT2D eigenvalue weighted by Gasteiger charge is -2.37. The fourth-order valence-corrected chi connectivity index (χ4v) is 5.44. The van der Waals surface area contributed by atoms with Crippen LogP contribution in [-0.4, -0.2) is 74.3 Å². The molecule has 0 aromatic carbocycles. The average Bonchev–Trinajstić information content (AvgIpc) is 2.68. The Kier molecular flexibility index (Phi) is 6.02. The van der Waals surface area contributed by atoms with Crippen molar-refractivity contribution in [3.63, 3.8) is 0 Å². The molecule has 0 spiro atoms. The third-order valence-corrected chi connectivity index (χ3v) is 6.81. The van der Waals surface area contributed by atoms with Gasteiger partial charge < -0.3 is 10.6 Å². The molecule has 21 heavy (non-hydrogen) atoms. The van der Waals surface area contributed by atoms with Crippen molar-refractivity contribution in [1.82, 2.24) is 13.5 Å². The van der Waals surface area contributed by atoms with Crippen molar-refractivity contribution >= 4 is 10.2 Å². The van der Waals surface area contributed by atoms with Crippen LogP contribution in [-0.2, 0) is 10.2 Å². The Balaban J connectivity index is 2.16. The number of piperidine rings is 1. The van der Waals surface area contributed by atoms with E-state index < -0.39 is 10.2 Å². The summed E-state index contributed by atoms with van der Waals surface area (Å²) in [5.74, 6) is 0.309. The van der Waals surface area contributed by atoms with Gasteiger partial charge in [0.2, 0.25) is 0 Å². The minimum atomic E-state index is -3.35. The number of nitrogens with zero attached hydrogens (tertiary/aromatic N) is 3. The van der Waals surface area contributed by atoms with E-state index in [0.717, 1.165) is 38.8 Å². The highest BCUT2D eigenvalue weighted by molar-refractivity contribution is 7.86. The summed E-state index contributed by atoms with van der Waals surface area (Å²) in [6, 6.07) is 0.0840. The normalized spacial score (nSPS) is 31.2. The van der Waals surface area contributed by atoms with Crippen LogP contribution in [0.1, 0.15) is 32.6 Å². The largest absolute Gasteiger partial charge is 0.330 e. The first-order valence-corrected chi connectivity index (χ1v) is 9.54. The maximum absolute atomic E-state index is 13.0. The predicted octanol–water partition coefficient (Wildman–Crippen LogP) is 0.318. The van der Waals surface area contributed by atoms with Gasteiger partial charge in [-0.3, -0.25) is 0 Å².